The fraction of sp³-hybridized carbons (Fsp3) is 0.154. The van der Waals surface area contributed by atoms with Crippen molar-refractivity contribution < 1.29 is 13.2 Å². The number of nitrogens with zero attached hydrogens (tertiary/aromatic N) is 1. The first kappa shape index (κ1) is 14.8. The fourth-order valence-electron chi connectivity index (χ4n) is 1.67. The predicted molar refractivity (Wildman–Crippen MR) is 76.3 cm³/mol. The van der Waals surface area contributed by atoms with E-state index < -0.39 is 10.0 Å². The minimum absolute atomic E-state index is 0.0448. The summed E-state index contributed by atoms with van der Waals surface area (Å²) in [6, 6.07) is 10.1. The first-order valence-electron chi connectivity index (χ1n) is 5.76. The second-order valence-electron chi connectivity index (χ2n) is 3.93. The number of rotatable bonds is 5. The molecule has 0 radical (unpaired) electrons. The molecule has 106 valence electrons. The highest BCUT2D eigenvalue weighted by Crippen LogP contribution is 2.20. The zero-order valence-corrected chi connectivity index (χ0v) is 12.3. The predicted octanol–water partition coefficient (Wildman–Crippen LogP) is 2.22. The Kier molecular flexibility index (Phi) is 4.59. The minimum Gasteiger partial charge on any atom is -0.496 e. The molecule has 0 unspecified atom stereocenters. The maximum absolute atomic E-state index is 12.1. The van der Waals surface area contributed by atoms with Crippen LogP contribution in [0.3, 0.4) is 0 Å². The number of sulfonamides is 1. The summed E-state index contributed by atoms with van der Waals surface area (Å²) in [7, 11) is -2.18. The van der Waals surface area contributed by atoms with Gasteiger partial charge in [0.1, 0.15) is 15.8 Å². The smallest absolute Gasteiger partial charge is 0.243 e. The Hall–Kier alpha value is -1.63. The topological polar surface area (TPSA) is 68.3 Å². The monoisotopic (exact) mass is 312 g/mol. The summed E-state index contributed by atoms with van der Waals surface area (Å²) in [5.74, 6) is 0.618. The molecule has 2 rings (SSSR count). The summed E-state index contributed by atoms with van der Waals surface area (Å²) in [5, 5.41) is -0.0555. The molecule has 2 aromatic rings. The molecule has 0 bridgehead atoms. The molecule has 7 heteroatoms. The number of hydrogen-bond donors (Lipinski definition) is 1. The molecule has 1 heterocycles. The first-order valence-corrected chi connectivity index (χ1v) is 7.63. The van der Waals surface area contributed by atoms with Gasteiger partial charge in [-0.3, -0.25) is 0 Å². The highest BCUT2D eigenvalue weighted by molar-refractivity contribution is 7.89. The van der Waals surface area contributed by atoms with Crippen LogP contribution in [0.1, 0.15) is 5.56 Å². The Morgan fingerprint density at radius 3 is 2.70 bits per heavy atom. The van der Waals surface area contributed by atoms with Gasteiger partial charge in [-0.05, 0) is 18.2 Å². The van der Waals surface area contributed by atoms with Crippen LogP contribution in [0.25, 0.3) is 0 Å². The molecule has 20 heavy (non-hydrogen) atoms. The van der Waals surface area contributed by atoms with Gasteiger partial charge in [0.25, 0.3) is 0 Å². The van der Waals surface area contributed by atoms with E-state index >= 15 is 0 Å². The normalized spacial score (nSPS) is 11.3. The van der Waals surface area contributed by atoms with E-state index in [-0.39, 0.29) is 16.6 Å². The summed E-state index contributed by atoms with van der Waals surface area (Å²) in [4.78, 5) is 3.71. The van der Waals surface area contributed by atoms with Crippen LogP contribution in [-0.2, 0) is 16.6 Å². The SMILES string of the molecule is COc1ccccc1CNS(=O)(=O)c1cccnc1Cl. The second-order valence-corrected chi connectivity index (χ2v) is 6.02. The molecule has 0 amide bonds. The summed E-state index contributed by atoms with van der Waals surface area (Å²) in [6.07, 6.45) is 1.43. The average Bonchev–Trinajstić information content (AvgIpc) is 2.46. The molecule has 0 aliphatic heterocycles. The van der Waals surface area contributed by atoms with E-state index in [1.807, 2.05) is 12.1 Å². The zero-order chi connectivity index (χ0) is 14.6. The van der Waals surface area contributed by atoms with Crippen LogP contribution in [0.15, 0.2) is 47.5 Å². The second kappa shape index (κ2) is 6.21. The third-order valence-electron chi connectivity index (χ3n) is 2.66. The summed E-state index contributed by atoms with van der Waals surface area (Å²) >= 11 is 5.79. The Balaban J connectivity index is 2.20. The van der Waals surface area contributed by atoms with E-state index in [1.54, 1.807) is 12.1 Å². The standard InChI is InChI=1S/C13H13ClN2O3S/c1-19-11-6-3-2-5-10(11)9-16-20(17,18)12-7-4-8-15-13(12)14/h2-8,16H,9H2,1H3. The third-order valence-corrected chi connectivity index (χ3v) is 4.51. The van der Waals surface area contributed by atoms with Gasteiger partial charge < -0.3 is 4.74 Å². The maximum Gasteiger partial charge on any atom is 0.243 e. The van der Waals surface area contributed by atoms with E-state index in [0.717, 1.165) is 5.56 Å². The highest BCUT2D eigenvalue weighted by atomic mass is 35.5. The van der Waals surface area contributed by atoms with Crippen LogP contribution in [0.5, 0.6) is 5.75 Å². The number of para-hydroxylation sites is 1. The van der Waals surface area contributed by atoms with Crippen molar-refractivity contribution in [2.24, 2.45) is 0 Å². The number of benzene rings is 1. The molecule has 0 saturated heterocycles. The fourth-order valence-corrected chi connectivity index (χ4v) is 3.13. The van der Waals surface area contributed by atoms with Gasteiger partial charge in [0.15, 0.2) is 0 Å². The molecule has 1 aromatic heterocycles. The van der Waals surface area contributed by atoms with Crippen LogP contribution in [-0.4, -0.2) is 20.5 Å². The molecule has 0 saturated carbocycles. The van der Waals surface area contributed by atoms with Crippen molar-refractivity contribution >= 4 is 21.6 Å². The molecule has 0 fully saturated rings. The molecule has 0 spiro atoms. The van der Waals surface area contributed by atoms with Gasteiger partial charge in [-0.2, -0.15) is 0 Å². The molecule has 0 atom stereocenters. The van der Waals surface area contributed by atoms with Gasteiger partial charge in [-0.15, -0.1) is 0 Å². The van der Waals surface area contributed by atoms with Crippen molar-refractivity contribution in [3.63, 3.8) is 0 Å². The van der Waals surface area contributed by atoms with E-state index in [9.17, 15) is 8.42 Å². The Bertz CT molecular complexity index is 704. The largest absolute Gasteiger partial charge is 0.496 e. The average molecular weight is 313 g/mol. The summed E-state index contributed by atoms with van der Waals surface area (Å²) in [5.41, 5.74) is 0.735. The van der Waals surface area contributed by atoms with E-state index in [2.05, 4.69) is 9.71 Å². The maximum atomic E-state index is 12.1. The lowest BCUT2D eigenvalue weighted by molar-refractivity contribution is 0.409. The number of pyridine rings is 1. The van der Waals surface area contributed by atoms with Gasteiger partial charge in [0.2, 0.25) is 10.0 Å². The van der Waals surface area contributed by atoms with Crippen LogP contribution in [0.4, 0.5) is 0 Å². The Morgan fingerprint density at radius 2 is 2.00 bits per heavy atom. The number of aromatic nitrogens is 1. The lowest BCUT2D eigenvalue weighted by Gasteiger charge is -2.10. The molecule has 1 N–H and O–H groups in total. The van der Waals surface area contributed by atoms with E-state index in [1.165, 1.54) is 25.4 Å². The number of nitrogens with one attached hydrogen (secondary N) is 1. The summed E-state index contributed by atoms with van der Waals surface area (Å²) < 4.78 is 31.9. The van der Waals surface area contributed by atoms with Crippen LogP contribution in [0.2, 0.25) is 5.15 Å². The molecular weight excluding hydrogens is 300 g/mol. The molecule has 0 aliphatic rings. The number of methoxy groups -OCH3 is 1. The van der Waals surface area contributed by atoms with Gasteiger partial charge in [0.05, 0.1) is 7.11 Å². The van der Waals surface area contributed by atoms with Crippen LogP contribution < -0.4 is 9.46 Å². The van der Waals surface area contributed by atoms with Gasteiger partial charge >= 0.3 is 0 Å². The van der Waals surface area contributed by atoms with Gasteiger partial charge in [-0.25, -0.2) is 18.1 Å². The first-order chi connectivity index (χ1) is 9.54. The lowest BCUT2D eigenvalue weighted by atomic mass is 10.2. The van der Waals surface area contributed by atoms with Crippen molar-refractivity contribution in [2.75, 3.05) is 7.11 Å². The molecule has 1 aromatic carbocycles. The Morgan fingerprint density at radius 1 is 1.25 bits per heavy atom. The minimum atomic E-state index is -3.71. The van der Waals surface area contributed by atoms with Gasteiger partial charge in [-0.1, -0.05) is 29.8 Å². The molecular formula is C13H13ClN2O3S. The molecule has 5 nitrogen and oxygen atoms in total. The summed E-state index contributed by atoms with van der Waals surface area (Å²) in [6.45, 7) is 0.109. The lowest BCUT2D eigenvalue weighted by Crippen LogP contribution is -2.24. The third kappa shape index (κ3) is 3.27. The Labute approximate surface area is 122 Å². The zero-order valence-electron chi connectivity index (χ0n) is 10.7. The van der Waals surface area contributed by atoms with E-state index in [0.29, 0.717) is 5.75 Å². The van der Waals surface area contributed by atoms with Crippen molar-refractivity contribution in [1.82, 2.24) is 9.71 Å². The van der Waals surface area contributed by atoms with Crippen LogP contribution >= 0.6 is 11.6 Å². The number of halogens is 1. The van der Waals surface area contributed by atoms with Gasteiger partial charge in [0, 0.05) is 18.3 Å². The van der Waals surface area contributed by atoms with Crippen molar-refractivity contribution in [2.45, 2.75) is 11.4 Å². The van der Waals surface area contributed by atoms with Crippen LogP contribution in [0, 0.1) is 0 Å². The van der Waals surface area contributed by atoms with Crippen molar-refractivity contribution in [3.05, 3.63) is 53.3 Å². The van der Waals surface area contributed by atoms with Crippen molar-refractivity contribution in [1.29, 1.82) is 0 Å². The number of ether oxygens (including phenoxy) is 1. The quantitative estimate of drug-likeness (QED) is 0.860. The van der Waals surface area contributed by atoms with Crippen molar-refractivity contribution in [3.8, 4) is 5.75 Å². The molecule has 0 aliphatic carbocycles. The highest BCUT2D eigenvalue weighted by Gasteiger charge is 2.18. The van der Waals surface area contributed by atoms with E-state index in [4.69, 9.17) is 16.3 Å². The number of hydrogen-bond acceptors (Lipinski definition) is 4.